The highest BCUT2D eigenvalue weighted by Crippen LogP contribution is 2.25. The first-order valence-corrected chi connectivity index (χ1v) is 15.5. The fraction of sp³-hybridized carbons (Fsp3) is 0.138. The number of nitrogens with one attached hydrogen (secondary N) is 2. The number of benzene rings is 4. The van der Waals surface area contributed by atoms with Gasteiger partial charge in [-0.15, -0.1) is 0 Å². The molecular formula is C29H28FN3O5S2. The van der Waals surface area contributed by atoms with Crippen LogP contribution < -0.4 is 14.3 Å². The number of halogens is 1. The van der Waals surface area contributed by atoms with Crippen molar-refractivity contribution in [1.82, 2.24) is 0 Å². The Balaban J connectivity index is 1.47. The molecule has 0 aliphatic heterocycles. The molecule has 0 aromatic heterocycles. The molecule has 0 bridgehead atoms. The molecule has 0 saturated carbocycles. The summed E-state index contributed by atoms with van der Waals surface area (Å²) in [7, 11) is -7.59. The van der Waals surface area contributed by atoms with E-state index in [9.17, 15) is 26.0 Å². The molecule has 4 rings (SSSR count). The summed E-state index contributed by atoms with van der Waals surface area (Å²) in [5.74, 6) is -0.997. The second kappa shape index (κ2) is 11.5. The Bertz CT molecular complexity index is 1740. The number of nitrogens with zero attached hydrogens (tertiary/aromatic N) is 1. The van der Waals surface area contributed by atoms with Gasteiger partial charge in [0, 0.05) is 16.8 Å². The van der Waals surface area contributed by atoms with Gasteiger partial charge in [-0.2, -0.15) is 0 Å². The van der Waals surface area contributed by atoms with Gasteiger partial charge in [-0.3, -0.25) is 13.8 Å². The first kappa shape index (κ1) is 28.8. The van der Waals surface area contributed by atoms with E-state index >= 15 is 0 Å². The number of para-hydroxylation sites is 1. The molecular weight excluding hydrogens is 553 g/mol. The van der Waals surface area contributed by atoms with Crippen molar-refractivity contribution in [2.45, 2.75) is 25.3 Å². The minimum atomic E-state index is -3.85. The van der Waals surface area contributed by atoms with E-state index in [4.69, 9.17) is 0 Å². The summed E-state index contributed by atoms with van der Waals surface area (Å²) < 4.78 is 68.4. The third-order valence-electron chi connectivity index (χ3n) is 6.23. The van der Waals surface area contributed by atoms with E-state index in [0.29, 0.717) is 11.4 Å². The first-order valence-electron chi connectivity index (χ1n) is 12.2. The molecule has 2 N–H and O–H groups in total. The van der Waals surface area contributed by atoms with Gasteiger partial charge in [0.25, 0.3) is 15.9 Å². The number of hydrogen-bond donors (Lipinski definition) is 2. The molecule has 0 spiro atoms. The van der Waals surface area contributed by atoms with Crippen molar-refractivity contribution >= 4 is 43.0 Å². The van der Waals surface area contributed by atoms with Crippen LogP contribution in [0, 0.1) is 19.7 Å². The maximum Gasteiger partial charge on any atom is 0.261 e. The number of aryl methyl sites for hydroxylation is 2. The summed E-state index contributed by atoms with van der Waals surface area (Å²) >= 11 is 0. The summed E-state index contributed by atoms with van der Waals surface area (Å²) in [6.07, 6.45) is 1.02. The molecule has 4 aromatic carbocycles. The minimum Gasteiger partial charge on any atom is -0.322 e. The number of carbonyl (C=O) groups excluding carboxylic acids is 1. The third-order valence-corrected chi connectivity index (χ3v) is 8.74. The quantitative estimate of drug-likeness (QED) is 0.273. The lowest BCUT2D eigenvalue weighted by Crippen LogP contribution is -2.29. The number of rotatable bonds is 9. The molecule has 4 aromatic rings. The largest absolute Gasteiger partial charge is 0.322 e. The molecule has 11 heteroatoms. The van der Waals surface area contributed by atoms with Crippen molar-refractivity contribution < 1.29 is 26.0 Å². The van der Waals surface area contributed by atoms with Crippen LogP contribution in [0.4, 0.5) is 21.5 Å². The number of amides is 1. The van der Waals surface area contributed by atoms with Crippen molar-refractivity contribution in [3.63, 3.8) is 0 Å². The maximum atomic E-state index is 14.1. The minimum absolute atomic E-state index is 0.0354. The zero-order valence-corrected chi connectivity index (χ0v) is 23.7. The number of sulfonamides is 2. The lowest BCUT2D eigenvalue weighted by Gasteiger charge is -2.23. The summed E-state index contributed by atoms with van der Waals surface area (Å²) in [6.45, 7) is 3.43. The van der Waals surface area contributed by atoms with Gasteiger partial charge in [0.15, 0.2) is 0 Å². The summed E-state index contributed by atoms with van der Waals surface area (Å²) in [6, 6.07) is 23.0. The number of hydrogen-bond acceptors (Lipinski definition) is 5. The Kier molecular flexibility index (Phi) is 8.26. The van der Waals surface area contributed by atoms with Gasteiger partial charge in [0.05, 0.1) is 29.1 Å². The molecule has 40 heavy (non-hydrogen) atoms. The van der Waals surface area contributed by atoms with Crippen LogP contribution in [0.15, 0.2) is 95.9 Å². The van der Waals surface area contributed by atoms with E-state index < -0.39 is 31.8 Å². The van der Waals surface area contributed by atoms with Gasteiger partial charge in [-0.1, -0.05) is 36.4 Å². The zero-order chi connectivity index (χ0) is 29.1. The highest BCUT2D eigenvalue weighted by molar-refractivity contribution is 7.92. The highest BCUT2D eigenvalue weighted by Gasteiger charge is 2.20. The molecule has 0 aliphatic carbocycles. The smallest absolute Gasteiger partial charge is 0.261 e. The fourth-order valence-electron chi connectivity index (χ4n) is 4.05. The lowest BCUT2D eigenvalue weighted by atomic mass is 10.1. The van der Waals surface area contributed by atoms with Gasteiger partial charge in [0.1, 0.15) is 5.82 Å². The summed E-state index contributed by atoms with van der Waals surface area (Å²) in [5.41, 5.74) is 3.22. The van der Waals surface area contributed by atoms with Crippen molar-refractivity contribution in [3.05, 3.63) is 119 Å². The Morgan fingerprint density at radius 2 is 1.40 bits per heavy atom. The van der Waals surface area contributed by atoms with Gasteiger partial charge >= 0.3 is 0 Å². The first-order chi connectivity index (χ1) is 18.8. The van der Waals surface area contributed by atoms with E-state index in [1.807, 2.05) is 32.0 Å². The van der Waals surface area contributed by atoms with Crippen LogP contribution in [0.3, 0.4) is 0 Å². The molecule has 0 heterocycles. The van der Waals surface area contributed by atoms with Gasteiger partial charge < -0.3 is 5.32 Å². The Hall–Kier alpha value is -4.22. The predicted octanol–water partition coefficient (Wildman–Crippen LogP) is 5.46. The topological polar surface area (TPSA) is 113 Å². The molecule has 0 aliphatic rings. The number of carbonyl (C=O) groups is 1. The molecule has 1 amide bonds. The second-order valence-corrected chi connectivity index (χ2v) is 12.8. The predicted molar refractivity (Wildman–Crippen MR) is 155 cm³/mol. The summed E-state index contributed by atoms with van der Waals surface area (Å²) in [4.78, 5) is 12.8. The van der Waals surface area contributed by atoms with Crippen molar-refractivity contribution in [2.75, 3.05) is 20.6 Å². The maximum absolute atomic E-state index is 14.1. The van der Waals surface area contributed by atoms with Crippen LogP contribution in [0.5, 0.6) is 0 Å². The average Bonchev–Trinajstić information content (AvgIpc) is 2.90. The van der Waals surface area contributed by atoms with Crippen molar-refractivity contribution in [1.29, 1.82) is 0 Å². The average molecular weight is 582 g/mol. The normalized spacial score (nSPS) is 11.6. The van der Waals surface area contributed by atoms with Crippen molar-refractivity contribution in [3.8, 4) is 0 Å². The Morgan fingerprint density at radius 1 is 0.800 bits per heavy atom. The van der Waals surface area contributed by atoms with Gasteiger partial charge in [-0.05, 0) is 79.6 Å². The van der Waals surface area contributed by atoms with Gasteiger partial charge in [0.2, 0.25) is 10.0 Å². The standard InChI is InChI=1S/C29H28FN3O5S2/c1-20-7-6-8-21(2)28(20)32-40(37,38)26-17-13-24(14-18-26)31-29(34)22-11-15-25(16-12-22)33(39(3,35)36)19-23-9-4-5-10-27(23)30/h4-18,32H,19H2,1-3H3,(H,31,34). The molecule has 0 atom stereocenters. The SMILES string of the molecule is Cc1cccc(C)c1NS(=O)(=O)c1ccc(NC(=O)c2ccc(N(Cc3ccccc3F)S(C)(=O)=O)cc2)cc1. The fourth-order valence-corrected chi connectivity index (χ4v) is 6.13. The van der Waals surface area contributed by atoms with Crippen LogP contribution >= 0.6 is 0 Å². The Labute approximate surface area is 233 Å². The molecule has 0 unspecified atom stereocenters. The van der Waals surface area contributed by atoms with Gasteiger partial charge in [-0.25, -0.2) is 21.2 Å². The second-order valence-electron chi connectivity index (χ2n) is 9.26. The Morgan fingerprint density at radius 3 is 1.98 bits per heavy atom. The molecule has 0 fully saturated rings. The van der Waals surface area contributed by atoms with Crippen LogP contribution in [-0.2, 0) is 26.6 Å². The van der Waals surface area contributed by atoms with E-state index in [1.165, 1.54) is 66.7 Å². The number of anilines is 3. The lowest BCUT2D eigenvalue weighted by molar-refractivity contribution is 0.102. The molecule has 208 valence electrons. The third kappa shape index (κ3) is 6.67. The zero-order valence-electron chi connectivity index (χ0n) is 22.1. The van der Waals surface area contributed by atoms with E-state index in [1.54, 1.807) is 6.07 Å². The molecule has 0 saturated heterocycles. The van der Waals surface area contributed by atoms with Crippen LogP contribution in [0.2, 0.25) is 0 Å². The van der Waals surface area contributed by atoms with Crippen LogP contribution in [-0.4, -0.2) is 29.0 Å². The van der Waals surface area contributed by atoms with E-state index in [0.717, 1.165) is 21.7 Å². The van der Waals surface area contributed by atoms with Crippen LogP contribution in [0.1, 0.15) is 27.0 Å². The monoisotopic (exact) mass is 581 g/mol. The van der Waals surface area contributed by atoms with E-state index in [2.05, 4.69) is 10.0 Å². The summed E-state index contributed by atoms with van der Waals surface area (Å²) in [5, 5.41) is 2.70. The molecule has 8 nitrogen and oxygen atoms in total. The van der Waals surface area contributed by atoms with Crippen molar-refractivity contribution in [2.24, 2.45) is 0 Å². The van der Waals surface area contributed by atoms with E-state index in [-0.39, 0.29) is 28.3 Å². The van der Waals surface area contributed by atoms with Crippen LogP contribution in [0.25, 0.3) is 0 Å². The highest BCUT2D eigenvalue weighted by atomic mass is 32.2. The molecule has 0 radical (unpaired) electrons.